The summed E-state index contributed by atoms with van der Waals surface area (Å²) in [7, 11) is 0. The van der Waals surface area contributed by atoms with E-state index in [4.69, 9.17) is 9.84 Å². The number of aliphatic imine (C=N–C) groups is 1. The molecule has 0 aromatic heterocycles. The molecule has 1 fully saturated rings. The van der Waals surface area contributed by atoms with Crippen molar-refractivity contribution in [3.8, 4) is 5.75 Å². The summed E-state index contributed by atoms with van der Waals surface area (Å²) in [4.78, 5) is 27.6. The van der Waals surface area contributed by atoms with Gasteiger partial charge in [0.05, 0.1) is 18.6 Å². The van der Waals surface area contributed by atoms with Crippen LogP contribution in [-0.2, 0) is 9.59 Å². The summed E-state index contributed by atoms with van der Waals surface area (Å²) in [5, 5.41) is 11.8. The van der Waals surface area contributed by atoms with E-state index in [-0.39, 0.29) is 11.7 Å². The Morgan fingerprint density at radius 3 is 2.71 bits per heavy atom. The number of amidine groups is 1. The van der Waals surface area contributed by atoms with Crippen LogP contribution in [-0.4, -0.2) is 28.8 Å². The van der Waals surface area contributed by atoms with Gasteiger partial charge in [-0.1, -0.05) is 0 Å². The Kier molecular flexibility index (Phi) is 6.73. The van der Waals surface area contributed by atoms with Crippen LogP contribution in [0.5, 0.6) is 5.75 Å². The van der Waals surface area contributed by atoms with Gasteiger partial charge >= 0.3 is 5.97 Å². The van der Waals surface area contributed by atoms with E-state index in [9.17, 15) is 14.0 Å². The van der Waals surface area contributed by atoms with Gasteiger partial charge in [-0.3, -0.25) is 4.79 Å². The molecular weight excluding hydrogens is 566 g/mol. The molecular formula is C18H11BrFIN2O4S. The van der Waals surface area contributed by atoms with Crippen LogP contribution in [0.1, 0.15) is 5.56 Å². The number of benzene rings is 2. The van der Waals surface area contributed by atoms with Gasteiger partial charge in [0.1, 0.15) is 11.6 Å². The van der Waals surface area contributed by atoms with Gasteiger partial charge in [-0.05, 0) is 98.3 Å². The molecule has 28 heavy (non-hydrogen) atoms. The van der Waals surface area contributed by atoms with Gasteiger partial charge in [0.25, 0.3) is 5.91 Å². The van der Waals surface area contributed by atoms with Crippen LogP contribution in [0.3, 0.4) is 0 Å². The molecule has 1 aliphatic heterocycles. The number of halogens is 3. The average Bonchev–Trinajstić information content (AvgIpc) is 2.95. The normalized spacial score (nSPS) is 16.5. The molecule has 0 bridgehead atoms. The highest BCUT2D eigenvalue weighted by molar-refractivity contribution is 14.1. The predicted molar refractivity (Wildman–Crippen MR) is 117 cm³/mol. The molecule has 3 rings (SSSR count). The van der Waals surface area contributed by atoms with Crippen molar-refractivity contribution in [2.45, 2.75) is 0 Å². The number of rotatable bonds is 5. The Morgan fingerprint density at radius 1 is 1.36 bits per heavy atom. The SMILES string of the molecule is O=C(O)COc1c(Br)cc(/C=C2/SC(=Nc3ccc(F)cc3)NC2=O)cc1I. The molecule has 0 spiro atoms. The molecule has 0 aliphatic carbocycles. The fourth-order valence-electron chi connectivity index (χ4n) is 2.20. The Bertz CT molecular complexity index is 988. The van der Waals surface area contributed by atoms with Crippen molar-refractivity contribution in [1.29, 1.82) is 0 Å². The number of hydrogen-bond acceptors (Lipinski definition) is 5. The van der Waals surface area contributed by atoms with Gasteiger partial charge in [0, 0.05) is 0 Å². The van der Waals surface area contributed by atoms with Gasteiger partial charge in [0.2, 0.25) is 0 Å². The Hall–Kier alpha value is -1.92. The third-order valence-corrected chi connectivity index (χ3v) is 5.67. The lowest BCUT2D eigenvalue weighted by atomic mass is 10.2. The molecule has 0 atom stereocenters. The van der Waals surface area contributed by atoms with E-state index in [1.54, 1.807) is 18.2 Å². The molecule has 2 aromatic carbocycles. The maximum atomic E-state index is 13.0. The first kappa shape index (κ1) is 20.8. The number of carboxylic acids is 1. The molecule has 2 N–H and O–H groups in total. The second-order valence-corrected chi connectivity index (χ2v) is 8.50. The standard InChI is InChI=1S/C18H11BrFIN2O4S/c19-12-5-9(6-13(21)16(12)27-8-15(24)25)7-14-17(26)23-18(28-14)22-11-3-1-10(20)2-4-11/h1-7H,8H2,(H,24,25)(H,22,23,26)/b14-7+. The van der Waals surface area contributed by atoms with Gasteiger partial charge in [0.15, 0.2) is 11.8 Å². The minimum atomic E-state index is -1.07. The number of thioether (sulfide) groups is 1. The maximum Gasteiger partial charge on any atom is 0.341 e. The van der Waals surface area contributed by atoms with Crippen LogP contribution in [0.25, 0.3) is 6.08 Å². The summed E-state index contributed by atoms with van der Waals surface area (Å²) < 4.78 is 19.5. The van der Waals surface area contributed by atoms with Crippen LogP contribution >= 0.6 is 50.3 Å². The van der Waals surface area contributed by atoms with Gasteiger partial charge in [-0.2, -0.15) is 0 Å². The van der Waals surface area contributed by atoms with Crippen molar-refractivity contribution in [3.63, 3.8) is 0 Å². The third kappa shape index (κ3) is 5.32. The van der Waals surface area contributed by atoms with Gasteiger partial charge in [-0.15, -0.1) is 0 Å². The van der Waals surface area contributed by atoms with Gasteiger partial charge < -0.3 is 15.2 Å². The number of carbonyl (C=O) groups is 2. The topological polar surface area (TPSA) is 88.0 Å². The van der Waals surface area contributed by atoms with E-state index >= 15 is 0 Å². The zero-order valence-corrected chi connectivity index (χ0v) is 18.5. The largest absolute Gasteiger partial charge is 0.480 e. The Labute approximate surface area is 185 Å². The molecule has 2 aromatic rings. The molecule has 144 valence electrons. The molecule has 6 nitrogen and oxygen atoms in total. The zero-order chi connectivity index (χ0) is 20.3. The highest BCUT2D eigenvalue weighted by Crippen LogP contribution is 2.34. The lowest BCUT2D eigenvalue weighted by Crippen LogP contribution is -2.19. The summed E-state index contributed by atoms with van der Waals surface area (Å²) in [5.41, 5.74) is 1.27. The zero-order valence-electron chi connectivity index (χ0n) is 13.9. The Balaban J connectivity index is 1.80. The van der Waals surface area contributed by atoms with Crippen molar-refractivity contribution >= 4 is 79.1 Å². The number of aliphatic carboxylic acids is 1. The van der Waals surface area contributed by atoms with Crippen LogP contribution < -0.4 is 10.1 Å². The molecule has 0 unspecified atom stereocenters. The minimum absolute atomic E-state index is 0.289. The number of carbonyl (C=O) groups excluding carboxylic acids is 1. The first-order valence-electron chi connectivity index (χ1n) is 7.70. The molecule has 0 radical (unpaired) electrons. The summed E-state index contributed by atoms with van der Waals surface area (Å²) in [6.07, 6.45) is 1.70. The highest BCUT2D eigenvalue weighted by atomic mass is 127. The number of nitrogens with zero attached hydrogens (tertiary/aromatic N) is 1. The fourth-order valence-corrected chi connectivity index (χ4v) is 4.81. The molecule has 10 heteroatoms. The van der Waals surface area contributed by atoms with Crippen molar-refractivity contribution in [3.05, 3.63) is 60.7 Å². The predicted octanol–water partition coefficient (Wildman–Crippen LogP) is 4.55. The van der Waals surface area contributed by atoms with E-state index in [2.05, 4.69) is 26.2 Å². The van der Waals surface area contributed by atoms with Crippen LogP contribution in [0.15, 0.2) is 50.8 Å². The maximum absolute atomic E-state index is 13.0. The second kappa shape index (κ2) is 9.05. The average molecular weight is 577 g/mol. The van der Waals surface area contributed by atoms with E-state index in [0.29, 0.717) is 29.6 Å². The van der Waals surface area contributed by atoms with Crippen molar-refractivity contribution in [2.75, 3.05) is 6.61 Å². The molecule has 1 saturated heterocycles. The number of amides is 1. The highest BCUT2D eigenvalue weighted by Gasteiger charge is 2.24. The van der Waals surface area contributed by atoms with E-state index in [1.165, 1.54) is 36.0 Å². The van der Waals surface area contributed by atoms with Gasteiger partial charge in [-0.25, -0.2) is 14.2 Å². The Morgan fingerprint density at radius 2 is 2.07 bits per heavy atom. The first-order valence-corrected chi connectivity index (χ1v) is 10.4. The molecule has 1 aliphatic rings. The summed E-state index contributed by atoms with van der Waals surface area (Å²) >= 11 is 6.57. The van der Waals surface area contributed by atoms with Crippen molar-refractivity contribution in [2.24, 2.45) is 4.99 Å². The lowest BCUT2D eigenvalue weighted by molar-refractivity contribution is -0.139. The quantitative estimate of drug-likeness (QED) is 0.403. The van der Waals surface area contributed by atoms with Crippen molar-refractivity contribution < 1.29 is 23.8 Å². The summed E-state index contributed by atoms with van der Waals surface area (Å²) in [5.74, 6) is -1.29. The van der Waals surface area contributed by atoms with Crippen LogP contribution in [0.4, 0.5) is 10.1 Å². The number of ether oxygens (including phenoxy) is 1. The van der Waals surface area contributed by atoms with E-state index in [1.807, 2.05) is 22.6 Å². The van der Waals surface area contributed by atoms with E-state index < -0.39 is 12.6 Å². The molecule has 1 heterocycles. The third-order valence-electron chi connectivity index (χ3n) is 3.37. The summed E-state index contributed by atoms with van der Waals surface area (Å²) in [6.45, 7) is -0.448. The second-order valence-electron chi connectivity index (χ2n) is 5.45. The molecule has 0 saturated carbocycles. The lowest BCUT2D eigenvalue weighted by Gasteiger charge is -2.09. The number of hydrogen-bond donors (Lipinski definition) is 2. The number of nitrogens with one attached hydrogen (secondary N) is 1. The van der Waals surface area contributed by atoms with Crippen molar-refractivity contribution in [1.82, 2.24) is 5.32 Å². The first-order chi connectivity index (χ1) is 13.3. The number of carboxylic acid groups (broad SMARTS) is 1. The minimum Gasteiger partial charge on any atom is -0.480 e. The fraction of sp³-hybridized carbons (Fsp3) is 0.0556. The van der Waals surface area contributed by atoms with Crippen LogP contribution in [0.2, 0.25) is 0 Å². The van der Waals surface area contributed by atoms with Crippen LogP contribution in [0, 0.1) is 9.39 Å². The van der Waals surface area contributed by atoms with E-state index in [0.717, 1.165) is 5.56 Å². The smallest absolute Gasteiger partial charge is 0.341 e. The summed E-state index contributed by atoms with van der Waals surface area (Å²) in [6, 6.07) is 9.14. The molecule has 1 amide bonds. The monoisotopic (exact) mass is 576 g/mol.